The number of carbonyl (C=O) groups excluding carboxylic acids is 1. The highest BCUT2D eigenvalue weighted by molar-refractivity contribution is 5.69. The quantitative estimate of drug-likeness (QED) is 0.174. The molecule has 0 aliphatic rings. The summed E-state index contributed by atoms with van der Waals surface area (Å²) in [4.78, 5) is 10.9. The Balaban J connectivity index is 3.01. The SMILES string of the molecule is CCCCCCCCCCOCCOCCOCCOCCOCCC(=O)OC. The Bertz CT molecular complexity index is 326. The lowest BCUT2D eigenvalue weighted by Gasteiger charge is -2.08. The molecular formula is C22H44O7. The standard InChI is InChI=1S/C22H44O7/c1-3-4-5-6-7-8-9-10-12-25-14-16-27-18-20-29-21-19-28-17-15-26-13-11-22(23)24-2/h3-21H2,1-2H3. The lowest BCUT2D eigenvalue weighted by molar-refractivity contribution is -0.141. The maximum absolute atomic E-state index is 10.9. The molecule has 0 saturated heterocycles. The van der Waals surface area contributed by atoms with E-state index in [0.717, 1.165) is 13.0 Å². The average Bonchev–Trinajstić information content (AvgIpc) is 2.74. The fourth-order valence-electron chi connectivity index (χ4n) is 2.58. The second-order valence-electron chi connectivity index (χ2n) is 6.86. The number of esters is 1. The van der Waals surface area contributed by atoms with Gasteiger partial charge in [0.15, 0.2) is 0 Å². The van der Waals surface area contributed by atoms with Gasteiger partial charge in [0, 0.05) is 6.61 Å². The number of methoxy groups -OCH3 is 1. The third-order valence-electron chi connectivity index (χ3n) is 4.31. The molecule has 29 heavy (non-hydrogen) atoms. The van der Waals surface area contributed by atoms with Crippen molar-refractivity contribution in [1.82, 2.24) is 0 Å². The van der Waals surface area contributed by atoms with Crippen molar-refractivity contribution >= 4 is 5.97 Å². The highest BCUT2D eigenvalue weighted by atomic mass is 16.6. The summed E-state index contributed by atoms with van der Waals surface area (Å²) in [5, 5.41) is 0. The van der Waals surface area contributed by atoms with Gasteiger partial charge < -0.3 is 28.4 Å². The Kier molecular flexibility index (Phi) is 24.7. The Labute approximate surface area is 177 Å². The van der Waals surface area contributed by atoms with Crippen LogP contribution in [0.15, 0.2) is 0 Å². The monoisotopic (exact) mass is 420 g/mol. The Hall–Kier alpha value is -0.730. The van der Waals surface area contributed by atoms with Crippen molar-refractivity contribution in [3.05, 3.63) is 0 Å². The van der Waals surface area contributed by atoms with Gasteiger partial charge in [-0.05, 0) is 6.42 Å². The summed E-state index contributed by atoms with van der Waals surface area (Å²) < 4.78 is 31.6. The molecule has 0 aliphatic heterocycles. The fourth-order valence-corrected chi connectivity index (χ4v) is 2.58. The summed E-state index contributed by atoms with van der Waals surface area (Å²) >= 11 is 0. The largest absolute Gasteiger partial charge is 0.469 e. The van der Waals surface area contributed by atoms with Crippen LogP contribution in [-0.4, -0.2) is 79.1 Å². The van der Waals surface area contributed by atoms with Gasteiger partial charge in [0.2, 0.25) is 0 Å². The molecule has 0 unspecified atom stereocenters. The minimum Gasteiger partial charge on any atom is -0.469 e. The Morgan fingerprint density at radius 2 is 0.897 bits per heavy atom. The van der Waals surface area contributed by atoms with Crippen LogP contribution < -0.4 is 0 Å². The molecular weight excluding hydrogens is 376 g/mol. The molecule has 174 valence electrons. The fraction of sp³-hybridized carbons (Fsp3) is 0.955. The minimum atomic E-state index is -0.267. The third kappa shape index (κ3) is 25.2. The zero-order valence-corrected chi connectivity index (χ0v) is 18.8. The Morgan fingerprint density at radius 3 is 1.34 bits per heavy atom. The summed E-state index contributed by atoms with van der Waals surface area (Å²) in [6.07, 6.45) is 10.8. The van der Waals surface area contributed by atoms with Gasteiger partial charge in [0.05, 0.1) is 73.0 Å². The van der Waals surface area contributed by atoms with Crippen LogP contribution in [0.25, 0.3) is 0 Å². The molecule has 0 rings (SSSR count). The van der Waals surface area contributed by atoms with Crippen LogP contribution in [0.2, 0.25) is 0 Å². The van der Waals surface area contributed by atoms with Crippen molar-refractivity contribution in [2.24, 2.45) is 0 Å². The number of hydrogen-bond donors (Lipinski definition) is 0. The van der Waals surface area contributed by atoms with E-state index in [-0.39, 0.29) is 12.4 Å². The van der Waals surface area contributed by atoms with Crippen molar-refractivity contribution in [1.29, 1.82) is 0 Å². The van der Waals surface area contributed by atoms with Crippen LogP contribution in [0, 0.1) is 0 Å². The van der Waals surface area contributed by atoms with E-state index in [0.29, 0.717) is 59.5 Å². The predicted octanol–water partition coefficient (Wildman–Crippen LogP) is 3.77. The molecule has 0 spiro atoms. The number of unbranched alkanes of at least 4 members (excludes halogenated alkanes) is 7. The maximum atomic E-state index is 10.9. The van der Waals surface area contributed by atoms with Gasteiger partial charge in [-0.25, -0.2) is 0 Å². The average molecular weight is 421 g/mol. The van der Waals surface area contributed by atoms with E-state index in [1.165, 1.54) is 52.1 Å². The predicted molar refractivity (Wildman–Crippen MR) is 113 cm³/mol. The van der Waals surface area contributed by atoms with Crippen molar-refractivity contribution in [3.8, 4) is 0 Å². The van der Waals surface area contributed by atoms with E-state index in [4.69, 9.17) is 23.7 Å². The van der Waals surface area contributed by atoms with E-state index in [1.807, 2.05) is 0 Å². The molecule has 0 atom stereocenters. The summed E-state index contributed by atoms with van der Waals surface area (Å²) in [5.74, 6) is -0.267. The molecule has 0 amide bonds. The zero-order valence-electron chi connectivity index (χ0n) is 18.8. The Morgan fingerprint density at radius 1 is 0.517 bits per heavy atom. The molecule has 7 heteroatoms. The van der Waals surface area contributed by atoms with Gasteiger partial charge in [0.1, 0.15) is 0 Å². The lowest BCUT2D eigenvalue weighted by Crippen LogP contribution is -2.14. The molecule has 0 aromatic heterocycles. The number of ether oxygens (including phenoxy) is 6. The van der Waals surface area contributed by atoms with Crippen LogP contribution >= 0.6 is 0 Å². The second kappa shape index (κ2) is 25.3. The first-order chi connectivity index (χ1) is 14.3. The van der Waals surface area contributed by atoms with Gasteiger partial charge >= 0.3 is 5.97 Å². The third-order valence-corrected chi connectivity index (χ3v) is 4.31. The zero-order chi connectivity index (χ0) is 21.3. The number of hydrogen-bond acceptors (Lipinski definition) is 7. The van der Waals surface area contributed by atoms with E-state index < -0.39 is 0 Å². The molecule has 0 fully saturated rings. The smallest absolute Gasteiger partial charge is 0.307 e. The number of rotatable bonds is 24. The molecule has 0 heterocycles. The van der Waals surface area contributed by atoms with Crippen LogP contribution in [0.4, 0.5) is 0 Å². The molecule has 0 aliphatic carbocycles. The summed E-state index contributed by atoms with van der Waals surface area (Å²) in [7, 11) is 1.36. The van der Waals surface area contributed by atoms with Crippen LogP contribution in [0.5, 0.6) is 0 Å². The van der Waals surface area contributed by atoms with E-state index in [9.17, 15) is 4.79 Å². The molecule has 0 saturated carbocycles. The molecule has 0 bridgehead atoms. The van der Waals surface area contributed by atoms with Gasteiger partial charge in [-0.15, -0.1) is 0 Å². The minimum absolute atomic E-state index is 0.267. The summed E-state index contributed by atoms with van der Waals surface area (Å²) in [5.41, 5.74) is 0. The normalized spacial score (nSPS) is 11.1. The molecule has 0 radical (unpaired) electrons. The topological polar surface area (TPSA) is 72.5 Å². The summed E-state index contributed by atoms with van der Waals surface area (Å²) in [6.45, 7) is 7.80. The van der Waals surface area contributed by atoms with Gasteiger partial charge in [-0.2, -0.15) is 0 Å². The summed E-state index contributed by atoms with van der Waals surface area (Å²) in [6, 6.07) is 0. The van der Waals surface area contributed by atoms with Crippen molar-refractivity contribution < 1.29 is 33.2 Å². The molecule has 0 aromatic rings. The second-order valence-corrected chi connectivity index (χ2v) is 6.86. The first-order valence-corrected chi connectivity index (χ1v) is 11.3. The van der Waals surface area contributed by atoms with Crippen LogP contribution in [-0.2, 0) is 33.2 Å². The van der Waals surface area contributed by atoms with E-state index in [2.05, 4.69) is 11.7 Å². The van der Waals surface area contributed by atoms with Crippen molar-refractivity contribution in [3.63, 3.8) is 0 Å². The van der Waals surface area contributed by atoms with E-state index in [1.54, 1.807) is 0 Å². The van der Waals surface area contributed by atoms with Crippen molar-refractivity contribution in [2.45, 2.75) is 64.7 Å². The maximum Gasteiger partial charge on any atom is 0.307 e. The molecule has 0 aromatic carbocycles. The van der Waals surface area contributed by atoms with E-state index >= 15 is 0 Å². The number of carbonyl (C=O) groups is 1. The first kappa shape index (κ1) is 28.3. The van der Waals surface area contributed by atoms with Gasteiger partial charge in [0.25, 0.3) is 0 Å². The highest BCUT2D eigenvalue weighted by Crippen LogP contribution is 2.08. The van der Waals surface area contributed by atoms with Crippen LogP contribution in [0.1, 0.15) is 64.7 Å². The van der Waals surface area contributed by atoms with Crippen LogP contribution in [0.3, 0.4) is 0 Å². The molecule has 7 nitrogen and oxygen atoms in total. The van der Waals surface area contributed by atoms with Crippen molar-refractivity contribution in [2.75, 3.05) is 73.2 Å². The molecule has 0 N–H and O–H groups in total. The first-order valence-electron chi connectivity index (χ1n) is 11.3. The highest BCUT2D eigenvalue weighted by Gasteiger charge is 1.99. The lowest BCUT2D eigenvalue weighted by atomic mass is 10.1. The van der Waals surface area contributed by atoms with Gasteiger partial charge in [-0.3, -0.25) is 4.79 Å². The van der Waals surface area contributed by atoms with Gasteiger partial charge in [-0.1, -0.05) is 51.9 Å².